The van der Waals surface area contributed by atoms with Gasteiger partial charge in [0.05, 0.1) is 0 Å². The lowest BCUT2D eigenvalue weighted by atomic mass is 10.5. The van der Waals surface area contributed by atoms with E-state index in [1.165, 1.54) is 14.2 Å². The van der Waals surface area contributed by atoms with E-state index in [2.05, 4.69) is 0 Å². The Kier molecular flexibility index (Phi) is 9.27. The summed E-state index contributed by atoms with van der Waals surface area (Å²) in [7, 11) is 1.70. The van der Waals surface area contributed by atoms with E-state index in [1.807, 2.05) is 0 Å². The van der Waals surface area contributed by atoms with Gasteiger partial charge in [-0.05, 0) is 6.42 Å². The van der Waals surface area contributed by atoms with Crippen molar-refractivity contribution in [1.82, 2.24) is 0 Å². The van der Waals surface area contributed by atoms with Crippen LogP contribution in [0.5, 0.6) is 0 Å². The highest BCUT2D eigenvalue weighted by molar-refractivity contribution is 7.53. The van der Waals surface area contributed by atoms with E-state index in [-0.39, 0.29) is 6.35 Å². The van der Waals surface area contributed by atoms with E-state index in [4.69, 9.17) is 27.1 Å². The van der Waals surface area contributed by atoms with E-state index in [9.17, 15) is 4.57 Å². The fourth-order valence-electron chi connectivity index (χ4n) is 1.30. The van der Waals surface area contributed by atoms with Gasteiger partial charge in [0.2, 0.25) is 0 Å². The first kappa shape index (κ1) is 18.2. The summed E-state index contributed by atoms with van der Waals surface area (Å²) in [5.41, 5.74) is 0. The Morgan fingerprint density at radius 2 is 1.44 bits per heavy atom. The minimum atomic E-state index is -3.09. The highest BCUT2D eigenvalue weighted by Gasteiger charge is 2.36. The van der Waals surface area contributed by atoms with Crippen LogP contribution >= 0.6 is 7.60 Å². The second-order valence-corrected chi connectivity index (χ2v) is 8.71. The summed E-state index contributed by atoms with van der Waals surface area (Å²) in [5.74, 6) is 0. The number of hydrogen-bond acceptors (Lipinski definition) is 7. The number of ether oxygens (including phenoxy) is 1. The molecule has 0 rings (SSSR count). The summed E-state index contributed by atoms with van der Waals surface area (Å²) < 4.78 is 42.2. The van der Waals surface area contributed by atoms with Crippen molar-refractivity contribution in [2.45, 2.75) is 12.5 Å². The van der Waals surface area contributed by atoms with Crippen LogP contribution in [0.3, 0.4) is 0 Å². The molecule has 0 aliphatic rings. The largest absolute Gasteiger partial charge is 0.500 e. The topological polar surface area (TPSA) is 72.5 Å². The average molecular weight is 302 g/mol. The Labute approximate surface area is 110 Å². The fourth-order valence-corrected chi connectivity index (χ4v) is 3.71. The minimum absolute atomic E-state index is 0.0680. The van der Waals surface area contributed by atoms with E-state index >= 15 is 0 Å². The first-order chi connectivity index (χ1) is 8.51. The molecule has 0 fully saturated rings. The highest BCUT2D eigenvalue weighted by atomic mass is 31.2. The van der Waals surface area contributed by atoms with Gasteiger partial charge in [0.1, 0.15) is 6.35 Å². The standard InChI is InChI=1S/C9H23O7PSi/c1-11-17(10,12-2)9-16-7-6-8-18(13-3,14-4)15-5/h6-9H2,1-5H3. The fraction of sp³-hybridized carbons (Fsp3) is 1.00. The molecule has 0 spiro atoms. The van der Waals surface area contributed by atoms with Crippen LogP contribution in [0.4, 0.5) is 0 Å². The molecule has 0 aliphatic heterocycles. The summed E-state index contributed by atoms with van der Waals surface area (Å²) in [4.78, 5) is 0. The second-order valence-electron chi connectivity index (χ2n) is 3.41. The van der Waals surface area contributed by atoms with Gasteiger partial charge in [0.25, 0.3) is 0 Å². The van der Waals surface area contributed by atoms with Gasteiger partial charge in [-0.2, -0.15) is 0 Å². The van der Waals surface area contributed by atoms with Crippen molar-refractivity contribution in [1.29, 1.82) is 0 Å². The van der Waals surface area contributed by atoms with Gasteiger partial charge in [0, 0.05) is 48.2 Å². The monoisotopic (exact) mass is 302 g/mol. The molecule has 0 saturated carbocycles. The third kappa shape index (κ3) is 5.90. The molecule has 0 atom stereocenters. The van der Waals surface area contributed by atoms with Crippen LogP contribution in [-0.2, 0) is 31.6 Å². The first-order valence-corrected chi connectivity index (χ1v) is 9.11. The maximum absolute atomic E-state index is 11.6. The molecule has 7 nitrogen and oxygen atoms in total. The van der Waals surface area contributed by atoms with Crippen molar-refractivity contribution < 1.29 is 31.6 Å². The molecule has 18 heavy (non-hydrogen) atoms. The SMILES string of the molecule is CO[Si](CCCOCP(=O)(OC)OC)(OC)OC. The van der Waals surface area contributed by atoms with Crippen molar-refractivity contribution in [3.05, 3.63) is 0 Å². The van der Waals surface area contributed by atoms with Crippen molar-refractivity contribution in [2.75, 3.05) is 48.5 Å². The van der Waals surface area contributed by atoms with Gasteiger partial charge in [-0.1, -0.05) is 0 Å². The van der Waals surface area contributed by atoms with Gasteiger partial charge in [-0.15, -0.1) is 0 Å². The first-order valence-electron chi connectivity index (χ1n) is 5.45. The van der Waals surface area contributed by atoms with Crippen molar-refractivity contribution in [3.8, 4) is 0 Å². The lowest BCUT2D eigenvalue weighted by molar-refractivity contribution is 0.112. The third-order valence-corrected chi connectivity index (χ3v) is 6.95. The van der Waals surface area contributed by atoms with E-state index in [1.54, 1.807) is 21.3 Å². The number of hydrogen-bond donors (Lipinski definition) is 0. The molecule has 0 heterocycles. The molecule has 0 radical (unpaired) electrons. The highest BCUT2D eigenvalue weighted by Crippen LogP contribution is 2.46. The molecule has 0 bridgehead atoms. The molecule has 110 valence electrons. The zero-order chi connectivity index (χ0) is 14.1. The third-order valence-electron chi connectivity index (χ3n) is 2.51. The predicted molar refractivity (Wildman–Crippen MR) is 68.6 cm³/mol. The summed E-state index contributed by atoms with van der Waals surface area (Å²) in [5, 5.41) is 0. The van der Waals surface area contributed by atoms with Crippen molar-refractivity contribution >= 4 is 16.4 Å². The minimum Gasteiger partial charge on any atom is -0.377 e. The van der Waals surface area contributed by atoms with Crippen LogP contribution in [0.25, 0.3) is 0 Å². The molecule has 0 aliphatic carbocycles. The van der Waals surface area contributed by atoms with Gasteiger partial charge >= 0.3 is 16.4 Å². The Balaban J connectivity index is 3.89. The quantitative estimate of drug-likeness (QED) is 0.327. The van der Waals surface area contributed by atoms with Crippen LogP contribution in [0, 0.1) is 0 Å². The average Bonchev–Trinajstić information content (AvgIpc) is 2.43. The van der Waals surface area contributed by atoms with E-state index in [0.717, 1.165) is 0 Å². The molecule has 0 N–H and O–H groups in total. The summed E-state index contributed by atoms with van der Waals surface area (Å²) in [6, 6.07) is 0.626. The normalized spacial score (nSPS) is 12.9. The number of rotatable bonds is 11. The van der Waals surface area contributed by atoms with Crippen LogP contribution in [0.15, 0.2) is 0 Å². The lowest BCUT2D eigenvalue weighted by Gasteiger charge is -2.24. The molecule has 0 aromatic heterocycles. The van der Waals surface area contributed by atoms with Crippen LogP contribution in [-0.4, -0.2) is 57.3 Å². The summed E-state index contributed by atoms with van der Waals surface area (Å²) >= 11 is 0. The molecular formula is C9H23O7PSi. The summed E-state index contributed by atoms with van der Waals surface area (Å²) in [6.07, 6.45) is 0.608. The molecule has 0 aromatic carbocycles. The van der Waals surface area contributed by atoms with E-state index < -0.39 is 16.4 Å². The molecule has 0 saturated heterocycles. The van der Waals surface area contributed by atoms with E-state index in [0.29, 0.717) is 19.1 Å². The van der Waals surface area contributed by atoms with Crippen molar-refractivity contribution in [2.24, 2.45) is 0 Å². The van der Waals surface area contributed by atoms with Gasteiger partial charge in [-0.3, -0.25) is 4.57 Å². The lowest BCUT2D eigenvalue weighted by Crippen LogP contribution is -2.42. The van der Waals surface area contributed by atoms with Crippen LogP contribution in [0.2, 0.25) is 6.04 Å². The van der Waals surface area contributed by atoms with Gasteiger partial charge in [0.15, 0.2) is 0 Å². The zero-order valence-electron chi connectivity index (χ0n) is 11.6. The Bertz CT molecular complexity index is 243. The Morgan fingerprint density at radius 3 is 1.83 bits per heavy atom. The second kappa shape index (κ2) is 9.16. The smallest absolute Gasteiger partial charge is 0.377 e. The molecule has 0 unspecified atom stereocenters. The molecule has 0 aromatic rings. The molecule has 0 amide bonds. The van der Waals surface area contributed by atoms with Gasteiger partial charge in [-0.25, -0.2) is 0 Å². The maximum Gasteiger partial charge on any atom is 0.500 e. The maximum atomic E-state index is 11.6. The molecular weight excluding hydrogens is 279 g/mol. The molecule has 9 heteroatoms. The Hall–Kier alpha value is 0.207. The summed E-state index contributed by atoms with van der Waals surface area (Å²) in [6.45, 7) is 0.404. The van der Waals surface area contributed by atoms with Crippen LogP contribution in [0.1, 0.15) is 6.42 Å². The zero-order valence-corrected chi connectivity index (χ0v) is 13.5. The Morgan fingerprint density at radius 1 is 0.944 bits per heavy atom. The van der Waals surface area contributed by atoms with Crippen LogP contribution < -0.4 is 0 Å². The predicted octanol–water partition coefficient (Wildman–Crippen LogP) is 1.71. The van der Waals surface area contributed by atoms with Crippen molar-refractivity contribution in [3.63, 3.8) is 0 Å². The van der Waals surface area contributed by atoms with Gasteiger partial charge < -0.3 is 27.1 Å².